The lowest BCUT2D eigenvalue weighted by molar-refractivity contribution is -0.141. The fraction of sp³-hybridized carbons (Fsp3) is 0.188. The van der Waals surface area contributed by atoms with Crippen LogP contribution in [0.15, 0.2) is 48.5 Å². The summed E-state index contributed by atoms with van der Waals surface area (Å²) < 4.78 is 18.4. The Bertz CT molecular complexity index is 579. The third kappa shape index (κ3) is 2.99. The molecule has 0 aliphatic rings. The quantitative estimate of drug-likeness (QED) is 0.783. The van der Waals surface area contributed by atoms with E-state index >= 15 is 0 Å². The zero-order valence-electron chi connectivity index (χ0n) is 10.9. The van der Waals surface area contributed by atoms with Crippen LogP contribution in [0, 0.1) is 5.82 Å². The Labute approximate surface area is 111 Å². The Hall–Kier alpha value is -2.16. The highest BCUT2D eigenvalue weighted by atomic mass is 19.1. The molecule has 0 heterocycles. The molecule has 98 valence electrons. The molecule has 0 radical (unpaired) electrons. The van der Waals surface area contributed by atoms with Crippen LogP contribution in [0.4, 0.5) is 4.39 Å². The zero-order valence-corrected chi connectivity index (χ0v) is 10.9. The number of carbonyl (C=O) groups excluding carboxylic acids is 1. The van der Waals surface area contributed by atoms with Crippen LogP contribution in [0.3, 0.4) is 0 Å². The summed E-state index contributed by atoms with van der Waals surface area (Å²) >= 11 is 0. The summed E-state index contributed by atoms with van der Waals surface area (Å²) in [5.41, 5.74) is 2.29. The van der Waals surface area contributed by atoms with Gasteiger partial charge in [-0.3, -0.25) is 4.79 Å². The summed E-state index contributed by atoms with van der Waals surface area (Å²) in [7, 11) is 1.33. The zero-order chi connectivity index (χ0) is 13.8. The second-order valence-electron chi connectivity index (χ2n) is 4.38. The predicted octanol–water partition coefficient (Wildman–Crippen LogP) is 3.77. The number of hydrogen-bond acceptors (Lipinski definition) is 2. The molecule has 0 unspecified atom stereocenters. The van der Waals surface area contributed by atoms with E-state index in [1.54, 1.807) is 6.92 Å². The number of carbonyl (C=O) groups is 1. The van der Waals surface area contributed by atoms with E-state index in [1.165, 1.54) is 19.2 Å². The number of ether oxygens (including phenoxy) is 1. The smallest absolute Gasteiger partial charge is 0.312 e. The Morgan fingerprint density at radius 1 is 1.11 bits per heavy atom. The van der Waals surface area contributed by atoms with Gasteiger partial charge in [0.15, 0.2) is 0 Å². The molecule has 0 aromatic heterocycles. The normalized spacial score (nSPS) is 11.9. The predicted molar refractivity (Wildman–Crippen MR) is 72.3 cm³/mol. The largest absolute Gasteiger partial charge is 0.469 e. The van der Waals surface area contributed by atoms with E-state index in [-0.39, 0.29) is 11.8 Å². The van der Waals surface area contributed by atoms with Crippen LogP contribution in [0.1, 0.15) is 18.4 Å². The van der Waals surface area contributed by atoms with Crippen molar-refractivity contribution in [3.05, 3.63) is 59.9 Å². The highest BCUT2D eigenvalue weighted by molar-refractivity contribution is 5.78. The molecule has 0 saturated carbocycles. The van der Waals surface area contributed by atoms with E-state index in [2.05, 4.69) is 0 Å². The van der Waals surface area contributed by atoms with Gasteiger partial charge in [-0.2, -0.15) is 0 Å². The molecule has 2 rings (SSSR count). The summed E-state index contributed by atoms with van der Waals surface area (Å²) in [6.07, 6.45) is 0. The Morgan fingerprint density at radius 3 is 2.42 bits per heavy atom. The van der Waals surface area contributed by atoms with Gasteiger partial charge >= 0.3 is 5.97 Å². The van der Waals surface area contributed by atoms with Crippen molar-refractivity contribution in [1.82, 2.24) is 0 Å². The number of esters is 1. The maximum atomic E-state index is 13.7. The van der Waals surface area contributed by atoms with Gasteiger partial charge in [0.1, 0.15) is 5.82 Å². The topological polar surface area (TPSA) is 26.3 Å². The lowest BCUT2D eigenvalue weighted by Crippen LogP contribution is -2.11. The number of halogens is 1. The first-order valence-electron chi connectivity index (χ1n) is 6.05. The minimum absolute atomic E-state index is 0.355. The molecule has 19 heavy (non-hydrogen) atoms. The van der Waals surface area contributed by atoms with Crippen molar-refractivity contribution in [2.75, 3.05) is 7.11 Å². The van der Waals surface area contributed by atoms with E-state index in [1.807, 2.05) is 36.4 Å². The highest BCUT2D eigenvalue weighted by Crippen LogP contribution is 2.26. The van der Waals surface area contributed by atoms with Gasteiger partial charge in [-0.25, -0.2) is 4.39 Å². The van der Waals surface area contributed by atoms with Gasteiger partial charge in [-0.1, -0.05) is 36.4 Å². The third-order valence-electron chi connectivity index (χ3n) is 3.08. The van der Waals surface area contributed by atoms with Gasteiger partial charge in [0.05, 0.1) is 13.0 Å². The minimum atomic E-state index is -0.483. The van der Waals surface area contributed by atoms with Crippen molar-refractivity contribution in [2.24, 2.45) is 0 Å². The average Bonchev–Trinajstić information content (AvgIpc) is 2.46. The van der Waals surface area contributed by atoms with Crippen molar-refractivity contribution in [3.8, 4) is 11.1 Å². The van der Waals surface area contributed by atoms with Gasteiger partial charge in [0.2, 0.25) is 0 Å². The van der Waals surface area contributed by atoms with Crippen LogP contribution in [-0.4, -0.2) is 13.1 Å². The monoisotopic (exact) mass is 258 g/mol. The third-order valence-corrected chi connectivity index (χ3v) is 3.08. The molecule has 0 fully saturated rings. The summed E-state index contributed by atoms with van der Waals surface area (Å²) in [6.45, 7) is 1.70. The van der Waals surface area contributed by atoms with Crippen molar-refractivity contribution >= 4 is 5.97 Å². The molecule has 0 aliphatic carbocycles. The minimum Gasteiger partial charge on any atom is -0.469 e. The summed E-state index contributed by atoms with van der Waals surface area (Å²) in [5, 5.41) is 0. The van der Waals surface area contributed by atoms with Crippen LogP contribution in [0.2, 0.25) is 0 Å². The molecule has 0 bridgehead atoms. The van der Waals surface area contributed by atoms with Crippen molar-refractivity contribution in [3.63, 3.8) is 0 Å². The van der Waals surface area contributed by atoms with Crippen molar-refractivity contribution in [2.45, 2.75) is 12.8 Å². The fourth-order valence-corrected chi connectivity index (χ4v) is 1.97. The van der Waals surface area contributed by atoms with E-state index in [9.17, 15) is 9.18 Å². The maximum absolute atomic E-state index is 13.7. The van der Waals surface area contributed by atoms with Crippen LogP contribution in [-0.2, 0) is 9.53 Å². The fourth-order valence-electron chi connectivity index (χ4n) is 1.97. The number of hydrogen-bond donors (Lipinski definition) is 0. The molecule has 0 aliphatic heterocycles. The first-order chi connectivity index (χ1) is 9.11. The van der Waals surface area contributed by atoms with E-state index in [0.717, 1.165) is 11.1 Å². The summed E-state index contributed by atoms with van der Waals surface area (Å²) in [6, 6.07) is 14.1. The molecule has 0 spiro atoms. The number of rotatable bonds is 3. The molecule has 0 amide bonds. The van der Waals surface area contributed by atoms with Crippen LogP contribution in [0.25, 0.3) is 11.1 Å². The van der Waals surface area contributed by atoms with E-state index < -0.39 is 5.92 Å². The van der Waals surface area contributed by atoms with Crippen LogP contribution in [0.5, 0.6) is 0 Å². The molecule has 1 atom stereocenters. The van der Waals surface area contributed by atoms with Crippen LogP contribution < -0.4 is 0 Å². The number of methoxy groups -OCH3 is 1. The van der Waals surface area contributed by atoms with Gasteiger partial charge in [0, 0.05) is 0 Å². The standard InChI is InChI=1S/C16H15FO2/c1-11(16(18)19-2)13-8-14(10-15(17)9-13)12-6-4-3-5-7-12/h3-11H,1-2H3/t11-/m0/s1. The maximum Gasteiger partial charge on any atom is 0.312 e. The molecular weight excluding hydrogens is 243 g/mol. The van der Waals surface area contributed by atoms with Gasteiger partial charge in [-0.15, -0.1) is 0 Å². The Kier molecular flexibility index (Phi) is 3.95. The van der Waals surface area contributed by atoms with Crippen molar-refractivity contribution < 1.29 is 13.9 Å². The molecule has 2 aromatic carbocycles. The SMILES string of the molecule is COC(=O)[C@@H](C)c1cc(F)cc(-c2ccccc2)c1. The van der Waals surface area contributed by atoms with E-state index in [4.69, 9.17) is 4.74 Å². The van der Waals surface area contributed by atoms with Gasteiger partial charge in [0.25, 0.3) is 0 Å². The molecule has 2 aromatic rings. The number of benzene rings is 2. The van der Waals surface area contributed by atoms with Gasteiger partial charge < -0.3 is 4.74 Å². The summed E-state index contributed by atoms with van der Waals surface area (Å²) in [4.78, 5) is 11.5. The Balaban J connectivity index is 2.43. The first kappa shape index (κ1) is 13.3. The molecular formula is C16H15FO2. The second-order valence-corrected chi connectivity index (χ2v) is 4.38. The van der Waals surface area contributed by atoms with Crippen molar-refractivity contribution in [1.29, 1.82) is 0 Å². The van der Waals surface area contributed by atoms with E-state index in [0.29, 0.717) is 5.56 Å². The average molecular weight is 258 g/mol. The van der Waals surface area contributed by atoms with Gasteiger partial charge in [-0.05, 0) is 35.7 Å². The van der Waals surface area contributed by atoms with Crippen LogP contribution >= 0.6 is 0 Å². The first-order valence-corrected chi connectivity index (χ1v) is 6.05. The molecule has 2 nitrogen and oxygen atoms in total. The second kappa shape index (κ2) is 5.65. The highest BCUT2D eigenvalue weighted by Gasteiger charge is 2.17. The Morgan fingerprint density at radius 2 is 1.79 bits per heavy atom. The molecule has 3 heteroatoms. The molecule has 0 N–H and O–H groups in total. The lowest BCUT2D eigenvalue weighted by Gasteiger charge is -2.11. The lowest BCUT2D eigenvalue weighted by atomic mass is 9.96. The molecule has 0 saturated heterocycles. The summed E-state index contributed by atoms with van der Waals surface area (Å²) in [5.74, 6) is -1.21.